The first kappa shape index (κ1) is 9.10. The van der Waals surface area contributed by atoms with Crippen molar-refractivity contribution in [3.8, 4) is 0 Å². The Hall–Kier alpha value is -1.15. The van der Waals surface area contributed by atoms with Crippen LogP contribution < -0.4 is 5.32 Å². The predicted molar refractivity (Wildman–Crippen MR) is 61.4 cm³/mol. The average molecular weight is 200 g/mol. The highest BCUT2D eigenvalue weighted by Crippen LogP contribution is 2.31. The van der Waals surface area contributed by atoms with Gasteiger partial charge in [0.15, 0.2) is 0 Å². The summed E-state index contributed by atoms with van der Waals surface area (Å²) < 4.78 is 0. The van der Waals surface area contributed by atoms with Gasteiger partial charge in [-0.15, -0.1) is 0 Å². The molecule has 2 heteroatoms. The molecule has 2 atom stereocenters. The molecule has 0 radical (unpaired) electrons. The first-order chi connectivity index (χ1) is 7.43. The predicted octanol–water partition coefficient (Wildman–Crippen LogP) is 2.38. The Bertz CT molecular complexity index is 369. The Morgan fingerprint density at radius 2 is 2.00 bits per heavy atom. The maximum Gasteiger partial charge on any atom is 0.0326 e. The van der Waals surface area contributed by atoms with Gasteiger partial charge in [0, 0.05) is 24.5 Å². The summed E-state index contributed by atoms with van der Waals surface area (Å²) in [6.45, 7) is 0. The van der Waals surface area contributed by atoms with E-state index in [1.165, 1.54) is 36.8 Å². The summed E-state index contributed by atoms with van der Waals surface area (Å²) in [5, 5.41) is 3.71. The van der Waals surface area contributed by atoms with E-state index in [1.807, 2.05) is 12.4 Å². The van der Waals surface area contributed by atoms with Crippen LogP contribution >= 0.6 is 0 Å². The molecular weight excluding hydrogens is 184 g/mol. The van der Waals surface area contributed by atoms with E-state index in [-0.39, 0.29) is 0 Å². The van der Waals surface area contributed by atoms with Crippen LogP contribution in [0.25, 0.3) is 5.57 Å². The highest BCUT2D eigenvalue weighted by atomic mass is 15.0. The molecule has 15 heavy (non-hydrogen) atoms. The maximum absolute atomic E-state index is 4.08. The number of rotatable bonds is 1. The van der Waals surface area contributed by atoms with Gasteiger partial charge in [0.25, 0.3) is 0 Å². The topological polar surface area (TPSA) is 24.9 Å². The minimum Gasteiger partial charge on any atom is -0.307 e. The van der Waals surface area contributed by atoms with E-state index in [4.69, 9.17) is 0 Å². The number of aromatic nitrogens is 1. The Morgan fingerprint density at radius 1 is 1.13 bits per heavy atom. The monoisotopic (exact) mass is 200 g/mol. The molecule has 1 fully saturated rings. The van der Waals surface area contributed by atoms with Crippen LogP contribution in [0.1, 0.15) is 31.2 Å². The zero-order valence-corrected chi connectivity index (χ0v) is 8.82. The molecule has 0 amide bonds. The van der Waals surface area contributed by atoms with Crippen LogP contribution in [0.4, 0.5) is 0 Å². The van der Waals surface area contributed by atoms with Gasteiger partial charge in [0.1, 0.15) is 0 Å². The number of hydrogen-bond donors (Lipinski definition) is 1. The van der Waals surface area contributed by atoms with E-state index in [1.54, 1.807) is 0 Å². The number of nitrogens with zero attached hydrogens (tertiary/aromatic N) is 1. The van der Waals surface area contributed by atoms with E-state index >= 15 is 0 Å². The van der Waals surface area contributed by atoms with Crippen LogP contribution in [-0.4, -0.2) is 17.1 Å². The minimum atomic E-state index is 0.583. The average Bonchev–Trinajstić information content (AvgIpc) is 2.61. The Balaban J connectivity index is 1.94. The van der Waals surface area contributed by atoms with Crippen LogP contribution in [0.5, 0.6) is 0 Å². The maximum atomic E-state index is 4.08. The standard InChI is InChI=1S/C13H16N2/c1-2-11-4-5-13(15-11)12(3-1)10-6-8-14-9-7-10/h3,6-9,11,13,15H,1-2,4-5H2. The minimum absolute atomic E-state index is 0.583. The third-order valence-electron chi connectivity index (χ3n) is 3.51. The van der Waals surface area contributed by atoms with E-state index in [0.29, 0.717) is 6.04 Å². The SMILES string of the molecule is C1=C(c2ccncc2)C2CCC(CC1)N2. The number of hydrogen-bond acceptors (Lipinski definition) is 2. The molecule has 2 aliphatic heterocycles. The van der Waals surface area contributed by atoms with Crippen LogP contribution in [0.15, 0.2) is 30.6 Å². The number of nitrogens with one attached hydrogen (secondary N) is 1. The van der Waals surface area contributed by atoms with E-state index < -0.39 is 0 Å². The molecule has 78 valence electrons. The largest absolute Gasteiger partial charge is 0.307 e. The molecule has 1 N–H and O–H groups in total. The number of fused-ring (bicyclic) bond motifs is 2. The second-order valence-electron chi connectivity index (χ2n) is 4.47. The zero-order chi connectivity index (χ0) is 10.1. The summed E-state index contributed by atoms with van der Waals surface area (Å²) in [6, 6.07) is 5.57. The first-order valence-electron chi connectivity index (χ1n) is 5.80. The van der Waals surface area contributed by atoms with Crippen molar-refractivity contribution in [1.82, 2.24) is 10.3 Å². The molecule has 0 saturated carbocycles. The smallest absolute Gasteiger partial charge is 0.0326 e. The zero-order valence-electron chi connectivity index (χ0n) is 8.82. The van der Waals surface area contributed by atoms with Gasteiger partial charge in [-0.25, -0.2) is 0 Å². The fraction of sp³-hybridized carbons (Fsp3) is 0.462. The molecule has 0 aliphatic carbocycles. The van der Waals surface area contributed by atoms with Gasteiger partial charge in [0.05, 0.1) is 0 Å². The Kier molecular flexibility index (Phi) is 2.29. The van der Waals surface area contributed by atoms with E-state index in [0.717, 1.165) is 6.04 Å². The van der Waals surface area contributed by atoms with Crippen molar-refractivity contribution in [1.29, 1.82) is 0 Å². The lowest BCUT2D eigenvalue weighted by Gasteiger charge is -2.14. The fourth-order valence-corrected chi connectivity index (χ4v) is 2.74. The van der Waals surface area contributed by atoms with E-state index in [9.17, 15) is 0 Å². The molecule has 1 aromatic heterocycles. The van der Waals surface area contributed by atoms with Crippen LogP contribution in [0.3, 0.4) is 0 Å². The quantitative estimate of drug-likeness (QED) is 0.753. The van der Waals surface area contributed by atoms with Gasteiger partial charge in [0.2, 0.25) is 0 Å². The molecule has 2 nitrogen and oxygen atoms in total. The molecule has 3 rings (SSSR count). The van der Waals surface area contributed by atoms with E-state index in [2.05, 4.69) is 28.5 Å². The summed E-state index contributed by atoms with van der Waals surface area (Å²) in [6.07, 6.45) is 11.3. The van der Waals surface area contributed by atoms with Crippen molar-refractivity contribution in [2.45, 2.75) is 37.8 Å². The van der Waals surface area contributed by atoms with Gasteiger partial charge in [-0.3, -0.25) is 4.98 Å². The lowest BCUT2D eigenvalue weighted by atomic mass is 9.95. The lowest BCUT2D eigenvalue weighted by Crippen LogP contribution is -2.28. The number of pyridine rings is 1. The highest BCUT2D eigenvalue weighted by Gasteiger charge is 2.28. The summed E-state index contributed by atoms with van der Waals surface area (Å²) >= 11 is 0. The van der Waals surface area contributed by atoms with Crippen LogP contribution in [-0.2, 0) is 0 Å². The summed E-state index contributed by atoms with van der Waals surface area (Å²) in [7, 11) is 0. The summed E-state index contributed by atoms with van der Waals surface area (Å²) in [5.74, 6) is 0. The molecule has 3 heterocycles. The van der Waals surface area contributed by atoms with Crippen molar-refractivity contribution < 1.29 is 0 Å². The fourth-order valence-electron chi connectivity index (χ4n) is 2.74. The molecule has 1 saturated heterocycles. The Morgan fingerprint density at radius 3 is 2.87 bits per heavy atom. The highest BCUT2D eigenvalue weighted by molar-refractivity contribution is 5.70. The third kappa shape index (κ3) is 1.70. The molecule has 0 aromatic carbocycles. The Labute approximate surface area is 90.4 Å². The van der Waals surface area contributed by atoms with Crippen molar-refractivity contribution in [3.05, 3.63) is 36.2 Å². The van der Waals surface area contributed by atoms with Crippen molar-refractivity contribution in [3.63, 3.8) is 0 Å². The molecule has 0 spiro atoms. The van der Waals surface area contributed by atoms with Crippen LogP contribution in [0.2, 0.25) is 0 Å². The van der Waals surface area contributed by atoms with Gasteiger partial charge in [-0.1, -0.05) is 6.08 Å². The van der Waals surface area contributed by atoms with Gasteiger partial charge < -0.3 is 5.32 Å². The van der Waals surface area contributed by atoms with Crippen molar-refractivity contribution >= 4 is 5.57 Å². The van der Waals surface area contributed by atoms with Gasteiger partial charge in [-0.2, -0.15) is 0 Å². The summed E-state index contributed by atoms with van der Waals surface area (Å²) in [5.41, 5.74) is 2.82. The molecular formula is C13H16N2. The second-order valence-corrected chi connectivity index (χ2v) is 4.47. The van der Waals surface area contributed by atoms with Gasteiger partial charge >= 0.3 is 0 Å². The molecule has 2 aliphatic rings. The molecule has 1 aromatic rings. The van der Waals surface area contributed by atoms with Crippen molar-refractivity contribution in [2.75, 3.05) is 0 Å². The normalized spacial score (nSPS) is 29.7. The number of allylic oxidation sites excluding steroid dienone is 1. The summed E-state index contributed by atoms with van der Waals surface area (Å²) in [4.78, 5) is 4.08. The third-order valence-corrected chi connectivity index (χ3v) is 3.51. The van der Waals surface area contributed by atoms with Gasteiger partial charge in [-0.05, 0) is 49.0 Å². The first-order valence-corrected chi connectivity index (χ1v) is 5.80. The van der Waals surface area contributed by atoms with Crippen molar-refractivity contribution in [2.24, 2.45) is 0 Å². The molecule has 2 bridgehead atoms. The molecule has 2 unspecified atom stereocenters. The second kappa shape index (κ2) is 3.78. The van der Waals surface area contributed by atoms with Crippen LogP contribution in [0, 0.1) is 0 Å². The lowest BCUT2D eigenvalue weighted by molar-refractivity contribution is 0.559.